The third-order valence-electron chi connectivity index (χ3n) is 3.98. The van der Waals surface area contributed by atoms with Crippen molar-refractivity contribution in [3.63, 3.8) is 0 Å². The Labute approximate surface area is 139 Å². The van der Waals surface area contributed by atoms with E-state index in [0.717, 1.165) is 16.7 Å². The summed E-state index contributed by atoms with van der Waals surface area (Å²) < 4.78 is 32.2. The van der Waals surface area contributed by atoms with Gasteiger partial charge >= 0.3 is 5.76 Å². The van der Waals surface area contributed by atoms with Crippen molar-refractivity contribution in [2.75, 3.05) is 6.54 Å². The predicted molar refractivity (Wildman–Crippen MR) is 91.6 cm³/mol. The van der Waals surface area contributed by atoms with Crippen molar-refractivity contribution in [1.29, 1.82) is 0 Å². The molecule has 2 aromatic carbocycles. The zero-order chi connectivity index (χ0) is 17.3. The normalized spacial score (nSPS) is 11.9. The molecule has 6 nitrogen and oxygen atoms in total. The molecule has 0 aliphatic carbocycles. The Morgan fingerprint density at radius 2 is 1.88 bits per heavy atom. The zero-order valence-corrected chi connectivity index (χ0v) is 14.2. The third kappa shape index (κ3) is 3.42. The van der Waals surface area contributed by atoms with Crippen molar-refractivity contribution in [3.05, 3.63) is 63.6 Å². The first-order chi connectivity index (χ1) is 11.3. The highest BCUT2D eigenvalue weighted by Crippen LogP contribution is 2.15. The molecule has 0 fully saturated rings. The van der Waals surface area contributed by atoms with Gasteiger partial charge in [-0.05, 0) is 61.2 Å². The fourth-order valence-electron chi connectivity index (χ4n) is 2.44. The average molecular weight is 346 g/mol. The topological polar surface area (TPSA) is 92.2 Å². The number of benzene rings is 2. The van der Waals surface area contributed by atoms with Crippen LogP contribution in [-0.2, 0) is 16.4 Å². The second-order valence-electron chi connectivity index (χ2n) is 5.74. The van der Waals surface area contributed by atoms with Crippen molar-refractivity contribution in [2.24, 2.45) is 0 Å². The number of aromatic nitrogens is 1. The number of aromatic amines is 1. The Kier molecular flexibility index (Phi) is 4.29. The molecular formula is C17H18N2O4S. The van der Waals surface area contributed by atoms with E-state index in [-0.39, 0.29) is 11.4 Å². The molecule has 0 atom stereocenters. The quantitative estimate of drug-likeness (QED) is 0.741. The maximum absolute atomic E-state index is 12.3. The maximum Gasteiger partial charge on any atom is 0.417 e. The molecule has 7 heteroatoms. The largest absolute Gasteiger partial charge is 0.417 e. The number of fused-ring (bicyclic) bond motifs is 1. The second-order valence-corrected chi connectivity index (χ2v) is 7.51. The van der Waals surface area contributed by atoms with Gasteiger partial charge in [0.1, 0.15) is 0 Å². The molecule has 126 valence electrons. The van der Waals surface area contributed by atoms with Crippen LogP contribution in [-0.4, -0.2) is 19.9 Å². The van der Waals surface area contributed by atoms with Crippen LogP contribution < -0.4 is 10.5 Å². The van der Waals surface area contributed by atoms with Crippen LogP contribution in [0.25, 0.3) is 11.1 Å². The smallest absolute Gasteiger partial charge is 0.408 e. The van der Waals surface area contributed by atoms with Crippen LogP contribution in [0.4, 0.5) is 0 Å². The Hall–Kier alpha value is -2.38. The van der Waals surface area contributed by atoms with E-state index in [1.807, 2.05) is 19.9 Å². The number of rotatable bonds is 5. The minimum absolute atomic E-state index is 0.259. The lowest BCUT2D eigenvalue weighted by Gasteiger charge is -2.09. The summed E-state index contributed by atoms with van der Waals surface area (Å²) in [5, 5.41) is 0. The summed E-state index contributed by atoms with van der Waals surface area (Å²) in [6, 6.07) is 10.4. The van der Waals surface area contributed by atoms with Crippen LogP contribution in [0.2, 0.25) is 0 Å². The van der Waals surface area contributed by atoms with Crippen LogP contribution >= 0.6 is 0 Å². The first kappa shape index (κ1) is 16.5. The van der Waals surface area contributed by atoms with Gasteiger partial charge in [0, 0.05) is 6.54 Å². The molecule has 0 bridgehead atoms. The monoisotopic (exact) mass is 346 g/mol. The molecule has 0 amide bonds. The van der Waals surface area contributed by atoms with E-state index in [1.165, 1.54) is 0 Å². The summed E-state index contributed by atoms with van der Waals surface area (Å²) in [4.78, 5) is 14.0. The lowest BCUT2D eigenvalue weighted by Crippen LogP contribution is -2.26. The summed E-state index contributed by atoms with van der Waals surface area (Å²) in [5.74, 6) is -0.502. The standard InChI is InChI=1S/C17H18N2O4S/c1-11-3-5-14(9-12(11)2)24(21,22)18-8-7-13-4-6-15-16(10-13)23-17(20)19-15/h3-6,9-10,18H,7-8H2,1-2H3,(H,19,20). The third-order valence-corrected chi connectivity index (χ3v) is 5.44. The van der Waals surface area contributed by atoms with E-state index in [4.69, 9.17) is 4.42 Å². The summed E-state index contributed by atoms with van der Waals surface area (Å²) in [6.45, 7) is 4.08. The van der Waals surface area contributed by atoms with E-state index >= 15 is 0 Å². The molecule has 2 N–H and O–H groups in total. The predicted octanol–water partition coefficient (Wildman–Crippen LogP) is 2.26. The fourth-order valence-corrected chi connectivity index (χ4v) is 3.56. The van der Waals surface area contributed by atoms with E-state index < -0.39 is 15.8 Å². The Morgan fingerprint density at radius 1 is 1.08 bits per heavy atom. The molecule has 0 aliphatic heterocycles. The van der Waals surface area contributed by atoms with E-state index in [9.17, 15) is 13.2 Å². The van der Waals surface area contributed by atoms with Gasteiger partial charge in [-0.15, -0.1) is 0 Å². The van der Waals surface area contributed by atoms with Crippen molar-refractivity contribution < 1.29 is 12.8 Å². The molecule has 0 radical (unpaired) electrons. The van der Waals surface area contributed by atoms with Gasteiger partial charge in [-0.2, -0.15) is 0 Å². The van der Waals surface area contributed by atoms with Crippen molar-refractivity contribution in [2.45, 2.75) is 25.2 Å². The maximum atomic E-state index is 12.3. The van der Waals surface area contributed by atoms with E-state index in [1.54, 1.807) is 30.3 Å². The first-order valence-electron chi connectivity index (χ1n) is 7.54. The number of oxazole rings is 1. The van der Waals surface area contributed by atoms with Crippen LogP contribution in [0.1, 0.15) is 16.7 Å². The summed E-state index contributed by atoms with van der Waals surface area (Å²) in [5.41, 5.74) is 3.96. The number of hydrogen-bond acceptors (Lipinski definition) is 4. The van der Waals surface area contributed by atoms with Gasteiger partial charge in [0.15, 0.2) is 5.58 Å². The SMILES string of the molecule is Cc1ccc(S(=O)(=O)NCCc2ccc3[nH]c(=O)oc3c2)cc1C. The van der Waals surface area contributed by atoms with Crippen LogP contribution in [0, 0.1) is 13.8 Å². The number of aryl methyl sites for hydroxylation is 2. The van der Waals surface area contributed by atoms with Crippen molar-refractivity contribution in [3.8, 4) is 0 Å². The molecule has 0 spiro atoms. The molecule has 3 aromatic rings. The van der Waals surface area contributed by atoms with Gasteiger partial charge in [-0.25, -0.2) is 17.9 Å². The number of nitrogens with one attached hydrogen (secondary N) is 2. The summed E-state index contributed by atoms with van der Waals surface area (Å²) in [6.07, 6.45) is 0.495. The average Bonchev–Trinajstić information content (AvgIpc) is 2.89. The molecular weight excluding hydrogens is 328 g/mol. The summed E-state index contributed by atoms with van der Waals surface area (Å²) >= 11 is 0. The minimum atomic E-state index is -3.54. The highest BCUT2D eigenvalue weighted by molar-refractivity contribution is 7.89. The van der Waals surface area contributed by atoms with Gasteiger partial charge < -0.3 is 4.42 Å². The Balaban J connectivity index is 1.69. The van der Waals surface area contributed by atoms with Gasteiger partial charge in [0.2, 0.25) is 10.0 Å². The molecule has 0 saturated carbocycles. The van der Waals surface area contributed by atoms with Crippen LogP contribution in [0.3, 0.4) is 0 Å². The second kappa shape index (κ2) is 6.26. The highest BCUT2D eigenvalue weighted by Gasteiger charge is 2.14. The molecule has 1 heterocycles. The lowest BCUT2D eigenvalue weighted by atomic mass is 10.1. The molecule has 0 saturated heterocycles. The lowest BCUT2D eigenvalue weighted by molar-refractivity contribution is 0.555. The number of hydrogen-bond donors (Lipinski definition) is 2. The number of H-pyrrole nitrogens is 1. The first-order valence-corrected chi connectivity index (χ1v) is 9.02. The van der Waals surface area contributed by atoms with E-state index in [2.05, 4.69) is 9.71 Å². The van der Waals surface area contributed by atoms with Crippen molar-refractivity contribution in [1.82, 2.24) is 9.71 Å². The van der Waals surface area contributed by atoms with Crippen molar-refractivity contribution >= 4 is 21.1 Å². The van der Waals surface area contributed by atoms with Gasteiger partial charge in [0.25, 0.3) is 0 Å². The molecule has 0 unspecified atom stereocenters. The highest BCUT2D eigenvalue weighted by atomic mass is 32.2. The molecule has 1 aromatic heterocycles. The molecule has 24 heavy (non-hydrogen) atoms. The molecule has 3 rings (SSSR count). The Bertz CT molecular complexity index is 1050. The minimum Gasteiger partial charge on any atom is -0.408 e. The summed E-state index contributed by atoms with van der Waals surface area (Å²) in [7, 11) is -3.54. The Morgan fingerprint density at radius 3 is 2.62 bits per heavy atom. The van der Waals surface area contributed by atoms with E-state index in [0.29, 0.717) is 17.5 Å². The number of sulfonamides is 1. The van der Waals surface area contributed by atoms with Crippen LogP contribution in [0.5, 0.6) is 0 Å². The van der Waals surface area contributed by atoms with Crippen LogP contribution in [0.15, 0.2) is 50.5 Å². The fraction of sp³-hybridized carbons (Fsp3) is 0.235. The van der Waals surface area contributed by atoms with Gasteiger partial charge in [-0.3, -0.25) is 4.98 Å². The van der Waals surface area contributed by atoms with Gasteiger partial charge in [0.05, 0.1) is 10.4 Å². The zero-order valence-electron chi connectivity index (χ0n) is 13.4. The molecule has 0 aliphatic rings. The van der Waals surface area contributed by atoms with Gasteiger partial charge in [-0.1, -0.05) is 12.1 Å².